The summed E-state index contributed by atoms with van der Waals surface area (Å²) in [6.45, 7) is 1.79. The number of para-hydroxylation sites is 2. The van der Waals surface area contributed by atoms with Gasteiger partial charge in [0.2, 0.25) is 0 Å². The molecule has 0 bridgehead atoms. The van der Waals surface area contributed by atoms with Crippen molar-refractivity contribution in [3.8, 4) is 5.75 Å². The summed E-state index contributed by atoms with van der Waals surface area (Å²) in [6.07, 6.45) is 1.57. The molecule has 0 aliphatic heterocycles. The molecule has 0 heterocycles. The minimum absolute atomic E-state index is 0.0376. The highest BCUT2D eigenvalue weighted by molar-refractivity contribution is 7.92. The van der Waals surface area contributed by atoms with Crippen molar-refractivity contribution in [2.24, 2.45) is 0 Å². The minimum Gasteiger partial charge on any atom is -0.495 e. The highest BCUT2D eigenvalue weighted by atomic mass is 32.2. The molecule has 2 aromatic rings. The summed E-state index contributed by atoms with van der Waals surface area (Å²) in [5.41, 5.74) is 0.539. The highest BCUT2D eigenvalue weighted by Gasteiger charge is 2.22. The van der Waals surface area contributed by atoms with Crippen molar-refractivity contribution in [3.05, 3.63) is 54.1 Å². The second kappa shape index (κ2) is 9.20. The second-order valence-corrected chi connectivity index (χ2v) is 9.50. The molecule has 2 rings (SSSR count). The lowest BCUT2D eigenvalue weighted by Gasteiger charge is -2.24. The molecule has 1 amide bonds. The van der Waals surface area contributed by atoms with E-state index in [1.54, 1.807) is 50.6 Å². The van der Waals surface area contributed by atoms with Crippen LogP contribution in [0.5, 0.6) is 5.75 Å². The third-order valence-electron chi connectivity index (χ3n) is 4.20. The Morgan fingerprint density at radius 1 is 1.21 bits per heavy atom. The lowest BCUT2D eigenvalue weighted by Crippen LogP contribution is -2.38. The molecular formula is C19H24N2O5S2. The highest BCUT2D eigenvalue weighted by Crippen LogP contribution is 2.26. The number of methoxy groups -OCH3 is 1. The maximum Gasteiger partial charge on any atom is 0.262 e. The molecule has 0 aliphatic rings. The molecule has 0 saturated carbocycles. The first-order valence-corrected chi connectivity index (χ1v) is 11.7. The van der Waals surface area contributed by atoms with E-state index in [-0.39, 0.29) is 22.4 Å². The fraction of sp³-hybridized carbons (Fsp3) is 0.316. The Kier molecular flexibility index (Phi) is 7.20. The Morgan fingerprint density at radius 3 is 2.54 bits per heavy atom. The number of hydrogen-bond donors (Lipinski definition) is 1. The van der Waals surface area contributed by atoms with Gasteiger partial charge in [-0.3, -0.25) is 13.7 Å². The average molecular weight is 425 g/mol. The number of sulfonamides is 1. The Hall–Kier alpha value is -2.39. The van der Waals surface area contributed by atoms with Gasteiger partial charge in [-0.2, -0.15) is 0 Å². The molecule has 0 aliphatic carbocycles. The van der Waals surface area contributed by atoms with Gasteiger partial charge >= 0.3 is 0 Å². The molecule has 2 aromatic carbocycles. The molecule has 0 unspecified atom stereocenters. The van der Waals surface area contributed by atoms with E-state index < -0.39 is 20.8 Å². The zero-order chi connectivity index (χ0) is 20.9. The average Bonchev–Trinajstić information content (AvgIpc) is 2.66. The molecule has 0 spiro atoms. The number of nitrogens with one attached hydrogen (secondary N) is 1. The molecular weight excluding hydrogens is 400 g/mol. The van der Waals surface area contributed by atoms with Crippen molar-refractivity contribution in [2.75, 3.05) is 30.9 Å². The molecule has 0 radical (unpaired) electrons. The minimum atomic E-state index is -3.92. The van der Waals surface area contributed by atoms with Crippen LogP contribution in [0.15, 0.2) is 53.4 Å². The first kappa shape index (κ1) is 21.9. The Bertz CT molecular complexity index is 976. The molecule has 0 saturated heterocycles. The number of carbonyl (C=O) groups excluding carboxylic acids is 1. The van der Waals surface area contributed by atoms with Gasteiger partial charge in [-0.05, 0) is 37.3 Å². The summed E-state index contributed by atoms with van der Waals surface area (Å²) in [7, 11) is -1.91. The summed E-state index contributed by atoms with van der Waals surface area (Å²) in [5.74, 6) is 0.391. The van der Waals surface area contributed by atoms with Gasteiger partial charge in [0.25, 0.3) is 15.9 Å². The van der Waals surface area contributed by atoms with Crippen molar-refractivity contribution < 1.29 is 22.2 Å². The van der Waals surface area contributed by atoms with E-state index in [0.29, 0.717) is 17.2 Å². The van der Waals surface area contributed by atoms with Gasteiger partial charge in [0.15, 0.2) is 0 Å². The van der Waals surface area contributed by atoms with Crippen LogP contribution < -0.4 is 9.46 Å². The SMILES string of the molecule is COc1ccccc1NS(=O)(=O)c1cccc(C(=O)N(C)[C@@H](C)C[S@](C)=O)c1. The molecule has 2 atom stereocenters. The maximum absolute atomic E-state index is 12.8. The van der Waals surface area contributed by atoms with Crippen LogP contribution in [0.2, 0.25) is 0 Å². The molecule has 1 N–H and O–H groups in total. The predicted molar refractivity (Wildman–Crippen MR) is 111 cm³/mol. The van der Waals surface area contributed by atoms with Crippen molar-refractivity contribution in [1.82, 2.24) is 4.90 Å². The third kappa shape index (κ3) is 5.32. The molecule has 9 heteroatoms. The van der Waals surface area contributed by atoms with Gasteiger partial charge in [-0.15, -0.1) is 0 Å². The van der Waals surface area contributed by atoms with Crippen LogP contribution in [0.3, 0.4) is 0 Å². The number of benzene rings is 2. The topological polar surface area (TPSA) is 92.8 Å². The largest absolute Gasteiger partial charge is 0.495 e. The summed E-state index contributed by atoms with van der Waals surface area (Å²) in [6, 6.07) is 12.2. The standard InChI is InChI=1S/C19H24N2O5S2/c1-14(13-27(4)23)21(2)19(22)15-8-7-9-16(12-15)28(24,25)20-17-10-5-6-11-18(17)26-3/h5-12,14,20H,13H2,1-4H3/t14-,27-/m0/s1. The monoisotopic (exact) mass is 424 g/mol. The number of carbonyl (C=O) groups is 1. The smallest absolute Gasteiger partial charge is 0.262 e. The van der Waals surface area contributed by atoms with Crippen molar-refractivity contribution in [1.29, 1.82) is 0 Å². The summed E-state index contributed by atoms with van der Waals surface area (Å²) in [5, 5.41) is 0. The van der Waals surface area contributed by atoms with Crippen LogP contribution in [0, 0.1) is 0 Å². The molecule has 28 heavy (non-hydrogen) atoms. The normalized spacial score (nSPS) is 13.4. The van der Waals surface area contributed by atoms with Gasteiger partial charge in [0.05, 0.1) is 17.7 Å². The quantitative estimate of drug-likeness (QED) is 0.702. The Morgan fingerprint density at radius 2 is 1.89 bits per heavy atom. The van der Waals surface area contributed by atoms with Gasteiger partial charge in [0, 0.05) is 41.5 Å². The van der Waals surface area contributed by atoms with E-state index in [1.807, 2.05) is 0 Å². The number of nitrogens with zero attached hydrogens (tertiary/aromatic N) is 1. The van der Waals surface area contributed by atoms with Crippen molar-refractivity contribution >= 4 is 32.4 Å². The van der Waals surface area contributed by atoms with Crippen LogP contribution in [-0.4, -0.2) is 55.6 Å². The van der Waals surface area contributed by atoms with E-state index in [0.717, 1.165) is 0 Å². The Labute approximate surface area is 168 Å². The third-order valence-corrected chi connectivity index (χ3v) is 6.51. The van der Waals surface area contributed by atoms with Gasteiger partial charge < -0.3 is 9.64 Å². The van der Waals surface area contributed by atoms with E-state index in [4.69, 9.17) is 4.74 Å². The van der Waals surface area contributed by atoms with Gasteiger partial charge in [-0.1, -0.05) is 18.2 Å². The second-order valence-electron chi connectivity index (χ2n) is 6.34. The number of amides is 1. The van der Waals surface area contributed by atoms with Gasteiger partial charge in [-0.25, -0.2) is 8.42 Å². The fourth-order valence-corrected chi connectivity index (χ4v) is 4.60. The number of ether oxygens (including phenoxy) is 1. The zero-order valence-electron chi connectivity index (χ0n) is 16.2. The summed E-state index contributed by atoms with van der Waals surface area (Å²) < 4.78 is 44.6. The van der Waals surface area contributed by atoms with E-state index in [1.165, 1.54) is 30.2 Å². The first-order valence-electron chi connectivity index (χ1n) is 8.49. The number of anilines is 1. The molecule has 152 valence electrons. The summed E-state index contributed by atoms with van der Waals surface area (Å²) in [4.78, 5) is 14.1. The van der Waals surface area contributed by atoms with Gasteiger partial charge in [0.1, 0.15) is 5.75 Å². The lowest BCUT2D eigenvalue weighted by atomic mass is 10.2. The fourth-order valence-electron chi connectivity index (χ4n) is 2.58. The molecule has 0 aromatic heterocycles. The van der Waals surface area contributed by atoms with Crippen molar-refractivity contribution in [2.45, 2.75) is 17.9 Å². The summed E-state index contributed by atoms with van der Waals surface area (Å²) >= 11 is 0. The predicted octanol–water partition coefficient (Wildman–Crippen LogP) is 2.33. The van der Waals surface area contributed by atoms with Crippen LogP contribution in [0.4, 0.5) is 5.69 Å². The zero-order valence-corrected chi connectivity index (χ0v) is 17.8. The van der Waals surface area contributed by atoms with E-state index in [9.17, 15) is 17.4 Å². The lowest BCUT2D eigenvalue weighted by molar-refractivity contribution is 0.0757. The van der Waals surface area contributed by atoms with Crippen molar-refractivity contribution in [3.63, 3.8) is 0 Å². The van der Waals surface area contributed by atoms with Crippen LogP contribution >= 0.6 is 0 Å². The van der Waals surface area contributed by atoms with Crippen LogP contribution in [-0.2, 0) is 20.8 Å². The number of hydrogen-bond acceptors (Lipinski definition) is 5. The first-order chi connectivity index (χ1) is 13.2. The van der Waals surface area contributed by atoms with Crippen LogP contribution in [0.1, 0.15) is 17.3 Å². The van der Waals surface area contributed by atoms with E-state index in [2.05, 4.69) is 4.72 Å². The van der Waals surface area contributed by atoms with E-state index >= 15 is 0 Å². The Balaban J connectivity index is 2.28. The van der Waals surface area contributed by atoms with Crippen LogP contribution in [0.25, 0.3) is 0 Å². The molecule has 0 fully saturated rings. The maximum atomic E-state index is 12.8. The number of rotatable bonds is 8. The molecule has 7 nitrogen and oxygen atoms in total.